The van der Waals surface area contributed by atoms with Gasteiger partial charge in [-0.25, -0.2) is 9.59 Å². The smallest absolute Gasteiger partial charge is 0.338 e. The van der Waals surface area contributed by atoms with Crippen molar-refractivity contribution >= 4 is 17.6 Å². The van der Waals surface area contributed by atoms with E-state index in [1.54, 1.807) is 13.8 Å². The molecule has 0 fully saturated rings. The van der Waals surface area contributed by atoms with Crippen molar-refractivity contribution in [3.8, 4) is 11.8 Å². The minimum atomic E-state index is -0.846. The Hall–Kier alpha value is -4.56. The van der Waals surface area contributed by atoms with Crippen LogP contribution in [-0.2, 0) is 25.7 Å². The molecule has 0 amide bonds. The van der Waals surface area contributed by atoms with Crippen LogP contribution in [0, 0.1) is 24.7 Å². The Kier molecular flexibility index (Phi) is 8.22. The summed E-state index contributed by atoms with van der Waals surface area (Å²) in [5, 5.41) is 3.28. The molecule has 1 aliphatic heterocycles. The average molecular weight is 492 g/mol. The molecule has 5 nitrogen and oxygen atoms in total. The summed E-state index contributed by atoms with van der Waals surface area (Å²) in [5.74, 6) is 4.41. The van der Waals surface area contributed by atoms with E-state index in [9.17, 15) is 9.59 Å². The van der Waals surface area contributed by atoms with Crippen LogP contribution < -0.4 is 5.32 Å². The van der Waals surface area contributed by atoms with Crippen molar-refractivity contribution in [3.05, 3.63) is 124 Å². The quantitative estimate of drug-likeness (QED) is 0.361. The highest BCUT2D eigenvalue weighted by atomic mass is 16.5. The van der Waals surface area contributed by atoms with Crippen molar-refractivity contribution in [1.29, 1.82) is 0 Å². The molecule has 0 aliphatic carbocycles. The van der Waals surface area contributed by atoms with Crippen molar-refractivity contribution in [3.63, 3.8) is 0 Å². The number of aryl methyl sites for hydroxylation is 1. The summed E-state index contributed by atoms with van der Waals surface area (Å²) in [5.41, 5.74) is 5.27. The van der Waals surface area contributed by atoms with Crippen LogP contribution in [0.25, 0.3) is 5.70 Å². The van der Waals surface area contributed by atoms with Crippen LogP contribution in [0.3, 0.4) is 0 Å². The van der Waals surface area contributed by atoms with Gasteiger partial charge in [-0.3, -0.25) is 0 Å². The fourth-order valence-electron chi connectivity index (χ4n) is 4.09. The van der Waals surface area contributed by atoms with E-state index >= 15 is 0 Å². The molecule has 0 unspecified atom stereocenters. The lowest BCUT2D eigenvalue weighted by molar-refractivity contribution is -0.140. The van der Waals surface area contributed by atoms with Crippen LogP contribution in [0.4, 0.5) is 0 Å². The summed E-state index contributed by atoms with van der Waals surface area (Å²) >= 11 is 0. The number of dihydropyridines is 1. The largest absolute Gasteiger partial charge is 0.463 e. The first kappa shape index (κ1) is 25.5. The molecule has 5 heteroatoms. The van der Waals surface area contributed by atoms with Crippen LogP contribution in [0.1, 0.15) is 36.1 Å². The number of rotatable bonds is 6. The third-order valence-electron chi connectivity index (χ3n) is 5.97. The molecule has 186 valence electrons. The van der Waals surface area contributed by atoms with Gasteiger partial charge in [0.2, 0.25) is 0 Å². The maximum absolute atomic E-state index is 13.7. The Balaban J connectivity index is 1.81. The normalized spacial score (nSPS) is 14.8. The minimum Gasteiger partial charge on any atom is -0.463 e. The van der Waals surface area contributed by atoms with Gasteiger partial charge in [0.15, 0.2) is 0 Å². The van der Waals surface area contributed by atoms with Crippen LogP contribution in [0.15, 0.2) is 102 Å². The molecule has 0 spiro atoms. The highest BCUT2D eigenvalue weighted by molar-refractivity contribution is 6.04. The van der Waals surface area contributed by atoms with Crippen LogP contribution in [0.2, 0.25) is 0 Å². The predicted molar refractivity (Wildman–Crippen MR) is 144 cm³/mol. The third kappa shape index (κ3) is 6.17. The summed E-state index contributed by atoms with van der Waals surface area (Å²) < 4.78 is 11.1. The number of esters is 2. The molecule has 1 atom stereocenters. The number of carbonyl (C=O) groups excluding carboxylic acids is 2. The molecule has 1 heterocycles. The number of hydrogen-bond acceptors (Lipinski definition) is 5. The molecular weight excluding hydrogens is 462 g/mol. The van der Waals surface area contributed by atoms with E-state index in [0.717, 1.165) is 22.3 Å². The van der Waals surface area contributed by atoms with Gasteiger partial charge in [0.05, 0.1) is 29.4 Å². The molecule has 1 aliphatic rings. The molecule has 0 aromatic heterocycles. The first-order valence-corrected chi connectivity index (χ1v) is 12.2. The Morgan fingerprint density at radius 2 is 1.43 bits per heavy atom. The summed E-state index contributed by atoms with van der Waals surface area (Å²) in [6.45, 7) is 5.84. The third-order valence-corrected chi connectivity index (χ3v) is 5.97. The van der Waals surface area contributed by atoms with Crippen molar-refractivity contribution in [2.24, 2.45) is 5.92 Å². The first-order valence-electron chi connectivity index (χ1n) is 12.2. The number of nitrogens with one attached hydrogen (secondary N) is 1. The first-order chi connectivity index (χ1) is 18.0. The standard InChI is InChI=1S/C32H29NO4/c1-4-36-31(34)28-23(3)33-30(26-13-9-6-10-14-26)29(27(28)20-19-24-11-7-5-8-12-24)32(35)37-21-25-17-15-22(2)16-18-25/h5-18,27,33H,4,21H2,1-3H3/t27-/m0/s1. The lowest BCUT2D eigenvalue weighted by Gasteiger charge is -2.29. The zero-order valence-corrected chi connectivity index (χ0v) is 21.2. The van der Waals surface area contributed by atoms with Gasteiger partial charge in [0.25, 0.3) is 0 Å². The second-order valence-corrected chi connectivity index (χ2v) is 8.67. The van der Waals surface area contributed by atoms with Gasteiger partial charge in [0.1, 0.15) is 6.61 Å². The fraction of sp³-hybridized carbons (Fsp3) is 0.188. The maximum Gasteiger partial charge on any atom is 0.338 e. The molecule has 3 aromatic rings. The van der Waals surface area contributed by atoms with Crippen molar-refractivity contribution in [2.45, 2.75) is 27.4 Å². The number of allylic oxidation sites excluding steroid dienone is 1. The van der Waals surface area contributed by atoms with Crippen LogP contribution >= 0.6 is 0 Å². The number of benzene rings is 3. The van der Waals surface area contributed by atoms with Crippen LogP contribution in [-0.4, -0.2) is 18.5 Å². The molecule has 0 saturated heterocycles. The van der Waals surface area contributed by atoms with E-state index in [2.05, 4.69) is 17.2 Å². The van der Waals surface area contributed by atoms with Crippen LogP contribution in [0.5, 0.6) is 0 Å². The Morgan fingerprint density at radius 1 is 0.811 bits per heavy atom. The molecule has 1 N–H and O–H groups in total. The van der Waals surface area contributed by atoms with E-state index in [-0.39, 0.29) is 18.8 Å². The van der Waals surface area contributed by atoms with Gasteiger partial charge < -0.3 is 14.8 Å². The maximum atomic E-state index is 13.7. The molecule has 3 aromatic carbocycles. The van der Waals surface area contributed by atoms with Gasteiger partial charge >= 0.3 is 11.9 Å². The molecule has 0 radical (unpaired) electrons. The van der Waals surface area contributed by atoms with Gasteiger partial charge in [0, 0.05) is 11.3 Å². The molecule has 37 heavy (non-hydrogen) atoms. The zero-order chi connectivity index (χ0) is 26.2. The Bertz CT molecular complexity index is 1390. The molecule has 0 saturated carbocycles. The van der Waals surface area contributed by atoms with E-state index < -0.39 is 17.9 Å². The van der Waals surface area contributed by atoms with E-state index in [4.69, 9.17) is 9.47 Å². The molecule has 0 bridgehead atoms. The second-order valence-electron chi connectivity index (χ2n) is 8.67. The zero-order valence-electron chi connectivity index (χ0n) is 21.2. The summed E-state index contributed by atoms with van der Waals surface area (Å²) in [6, 6.07) is 26.7. The van der Waals surface area contributed by atoms with Crippen molar-refractivity contribution in [2.75, 3.05) is 6.61 Å². The minimum absolute atomic E-state index is 0.0982. The predicted octanol–water partition coefficient (Wildman–Crippen LogP) is 5.56. The molecular formula is C32H29NO4. The van der Waals surface area contributed by atoms with E-state index in [1.165, 1.54) is 0 Å². The lowest BCUT2D eigenvalue weighted by atomic mass is 9.84. The number of carbonyl (C=O) groups is 2. The average Bonchev–Trinajstić information content (AvgIpc) is 2.92. The SMILES string of the molecule is CCOC(=O)C1=C(C)NC(c2ccccc2)=C(C(=O)OCc2ccc(C)cc2)[C@H]1C#Cc1ccccc1. The fourth-order valence-corrected chi connectivity index (χ4v) is 4.09. The lowest BCUT2D eigenvalue weighted by Crippen LogP contribution is -2.33. The van der Waals surface area contributed by atoms with Crippen molar-refractivity contribution in [1.82, 2.24) is 5.32 Å². The van der Waals surface area contributed by atoms with Crippen molar-refractivity contribution < 1.29 is 19.1 Å². The van der Waals surface area contributed by atoms with Gasteiger partial charge in [-0.05, 0) is 44.0 Å². The summed E-state index contributed by atoms with van der Waals surface area (Å²) in [4.78, 5) is 26.8. The Labute approximate surface area is 217 Å². The second kappa shape index (κ2) is 11.9. The monoisotopic (exact) mass is 491 g/mol. The van der Waals surface area contributed by atoms with E-state index in [1.807, 2.05) is 91.9 Å². The van der Waals surface area contributed by atoms with Gasteiger partial charge in [-0.2, -0.15) is 0 Å². The highest BCUT2D eigenvalue weighted by Gasteiger charge is 2.37. The number of ether oxygens (including phenoxy) is 2. The number of hydrogen-bond donors (Lipinski definition) is 1. The summed E-state index contributed by atoms with van der Waals surface area (Å²) in [6.07, 6.45) is 0. The topological polar surface area (TPSA) is 64.6 Å². The Morgan fingerprint density at radius 3 is 2.08 bits per heavy atom. The van der Waals surface area contributed by atoms with Gasteiger partial charge in [-0.1, -0.05) is 90.2 Å². The van der Waals surface area contributed by atoms with Gasteiger partial charge in [-0.15, -0.1) is 0 Å². The molecule has 4 rings (SSSR count). The highest BCUT2D eigenvalue weighted by Crippen LogP contribution is 2.35. The summed E-state index contributed by atoms with van der Waals surface area (Å²) in [7, 11) is 0. The van der Waals surface area contributed by atoms with E-state index in [0.29, 0.717) is 17.0 Å².